The monoisotopic (exact) mass is 360 g/mol. The lowest BCUT2D eigenvalue weighted by Crippen LogP contribution is -2.30. The van der Waals surface area contributed by atoms with E-state index < -0.39 is 0 Å². The zero-order valence-corrected chi connectivity index (χ0v) is 15.6. The average molecular weight is 360 g/mol. The maximum Gasteiger partial charge on any atom is 0.272 e. The normalized spacial score (nSPS) is 10.7. The molecule has 0 radical (unpaired) electrons. The second-order valence-corrected chi connectivity index (χ2v) is 6.97. The fourth-order valence-corrected chi connectivity index (χ4v) is 2.62. The Kier molecular flexibility index (Phi) is 7.06. The molecule has 25 heavy (non-hydrogen) atoms. The quantitative estimate of drug-likeness (QED) is 0.632. The zero-order valence-electron chi connectivity index (χ0n) is 14.8. The number of nitrogens with zero attached hydrogens (tertiary/aromatic N) is 1. The summed E-state index contributed by atoms with van der Waals surface area (Å²) in [6, 6.07) is 7.96. The maximum atomic E-state index is 12.3. The highest BCUT2D eigenvalue weighted by Crippen LogP contribution is 2.14. The number of thioether (sulfide) groups is 1. The van der Waals surface area contributed by atoms with Crippen molar-refractivity contribution in [2.75, 3.05) is 12.8 Å². The summed E-state index contributed by atoms with van der Waals surface area (Å²) in [5, 5.41) is 5.61. The van der Waals surface area contributed by atoms with E-state index >= 15 is 0 Å². The van der Waals surface area contributed by atoms with Crippen LogP contribution in [-0.4, -0.2) is 34.6 Å². The first-order valence-corrected chi connectivity index (χ1v) is 9.46. The Morgan fingerprint density at radius 1 is 1.16 bits per heavy atom. The van der Waals surface area contributed by atoms with Gasteiger partial charge in [-0.15, -0.1) is 11.8 Å². The number of carbonyl (C=O) groups excluding carboxylic acids is 2. The van der Waals surface area contributed by atoms with Crippen LogP contribution in [0.4, 0.5) is 0 Å². The van der Waals surface area contributed by atoms with E-state index in [4.69, 9.17) is 0 Å². The van der Waals surface area contributed by atoms with Gasteiger partial charge in [0.2, 0.25) is 0 Å². The predicted octanol–water partition coefficient (Wildman–Crippen LogP) is 2.84. The molecular weight excluding hydrogens is 336 g/mol. The molecule has 7 heteroatoms. The summed E-state index contributed by atoms with van der Waals surface area (Å²) in [7, 11) is 0. The smallest absolute Gasteiger partial charge is 0.272 e. The largest absolute Gasteiger partial charge is 0.351 e. The molecule has 0 spiro atoms. The van der Waals surface area contributed by atoms with Gasteiger partial charge in [-0.3, -0.25) is 9.59 Å². The zero-order chi connectivity index (χ0) is 18.2. The predicted molar refractivity (Wildman–Crippen MR) is 99.8 cm³/mol. The number of hydrogen-bond donors (Lipinski definition) is 3. The second kappa shape index (κ2) is 9.27. The first-order valence-electron chi connectivity index (χ1n) is 8.24. The molecule has 0 saturated carbocycles. The van der Waals surface area contributed by atoms with E-state index in [9.17, 15) is 9.59 Å². The third-order valence-corrected chi connectivity index (χ3v) is 4.44. The van der Waals surface area contributed by atoms with Gasteiger partial charge in [0.1, 0.15) is 5.69 Å². The van der Waals surface area contributed by atoms with Gasteiger partial charge >= 0.3 is 0 Å². The van der Waals surface area contributed by atoms with Gasteiger partial charge in [0, 0.05) is 18.0 Å². The van der Waals surface area contributed by atoms with Gasteiger partial charge in [-0.1, -0.05) is 26.0 Å². The number of H-pyrrole nitrogens is 1. The highest BCUT2D eigenvalue weighted by atomic mass is 32.2. The molecule has 0 fully saturated rings. The molecular formula is C18H24N4O2S. The van der Waals surface area contributed by atoms with Crippen LogP contribution in [0, 0.1) is 5.92 Å². The average Bonchev–Trinajstić information content (AvgIpc) is 3.09. The molecule has 0 saturated heterocycles. The number of imidazole rings is 1. The number of carbonyl (C=O) groups is 2. The minimum atomic E-state index is -0.347. The maximum absolute atomic E-state index is 12.3. The highest BCUT2D eigenvalue weighted by Gasteiger charge is 2.19. The minimum absolute atomic E-state index is 0.124. The van der Waals surface area contributed by atoms with Crippen molar-refractivity contribution in [2.45, 2.75) is 31.7 Å². The molecule has 6 nitrogen and oxygen atoms in total. The molecule has 0 unspecified atom stereocenters. The Bertz CT molecular complexity index is 710. The number of aromatic amines is 1. The number of hydrogen-bond acceptors (Lipinski definition) is 4. The molecule has 1 aromatic heterocycles. The molecule has 2 rings (SSSR count). The molecule has 2 aromatic rings. The summed E-state index contributed by atoms with van der Waals surface area (Å²) >= 11 is 1.67. The number of aromatic nitrogens is 2. The van der Waals surface area contributed by atoms with Crippen LogP contribution in [0.3, 0.4) is 0 Å². The van der Waals surface area contributed by atoms with Gasteiger partial charge in [0.25, 0.3) is 11.8 Å². The molecule has 0 aliphatic carbocycles. The fraction of sp³-hybridized carbons (Fsp3) is 0.389. The Morgan fingerprint density at radius 3 is 2.52 bits per heavy atom. The van der Waals surface area contributed by atoms with Gasteiger partial charge in [0.15, 0.2) is 5.69 Å². The lowest BCUT2D eigenvalue weighted by molar-refractivity contribution is 0.0911. The van der Waals surface area contributed by atoms with E-state index in [2.05, 4.69) is 34.4 Å². The standard InChI is InChI=1S/C18H24N4O2S/c1-12(2)8-9-19-17(23)15-16(22-11-21-15)18(24)20-10-13-4-6-14(25-3)7-5-13/h4-7,11-12H,8-10H2,1-3H3,(H,19,23)(H,20,24)(H,21,22). The molecule has 3 N–H and O–H groups in total. The van der Waals surface area contributed by atoms with E-state index in [-0.39, 0.29) is 23.2 Å². The Labute approximate surface area is 152 Å². The van der Waals surface area contributed by atoms with E-state index in [0.717, 1.165) is 12.0 Å². The Hall–Kier alpha value is -2.28. The number of amides is 2. The molecule has 0 atom stereocenters. The molecule has 0 bridgehead atoms. The Morgan fingerprint density at radius 2 is 1.88 bits per heavy atom. The topological polar surface area (TPSA) is 86.9 Å². The van der Waals surface area contributed by atoms with Crippen molar-refractivity contribution in [1.82, 2.24) is 20.6 Å². The van der Waals surface area contributed by atoms with E-state index in [1.807, 2.05) is 30.5 Å². The first kappa shape index (κ1) is 19.1. The lowest BCUT2D eigenvalue weighted by Gasteiger charge is -2.08. The van der Waals surface area contributed by atoms with Gasteiger partial charge in [-0.25, -0.2) is 4.98 Å². The van der Waals surface area contributed by atoms with Crippen molar-refractivity contribution in [3.63, 3.8) is 0 Å². The van der Waals surface area contributed by atoms with Crippen molar-refractivity contribution in [3.8, 4) is 0 Å². The van der Waals surface area contributed by atoms with Crippen LogP contribution >= 0.6 is 11.8 Å². The fourth-order valence-electron chi connectivity index (χ4n) is 2.21. The van der Waals surface area contributed by atoms with Crippen LogP contribution < -0.4 is 10.6 Å². The third-order valence-electron chi connectivity index (χ3n) is 3.70. The van der Waals surface area contributed by atoms with Crippen molar-refractivity contribution in [1.29, 1.82) is 0 Å². The molecule has 1 heterocycles. The van der Waals surface area contributed by atoms with Crippen LogP contribution in [0.2, 0.25) is 0 Å². The molecule has 0 aliphatic heterocycles. The summed E-state index contributed by atoms with van der Waals surface area (Å²) in [6.07, 6.45) is 4.26. The van der Waals surface area contributed by atoms with Crippen molar-refractivity contribution in [3.05, 3.63) is 47.5 Å². The van der Waals surface area contributed by atoms with Crippen LogP contribution in [0.15, 0.2) is 35.5 Å². The second-order valence-electron chi connectivity index (χ2n) is 6.10. The number of nitrogens with one attached hydrogen (secondary N) is 3. The van der Waals surface area contributed by atoms with Crippen molar-refractivity contribution in [2.24, 2.45) is 5.92 Å². The van der Waals surface area contributed by atoms with Crippen LogP contribution in [0.1, 0.15) is 46.8 Å². The molecule has 1 aromatic carbocycles. The van der Waals surface area contributed by atoms with Gasteiger partial charge in [-0.05, 0) is 36.3 Å². The summed E-state index contributed by atoms with van der Waals surface area (Å²) in [6.45, 7) is 5.13. The van der Waals surface area contributed by atoms with Gasteiger partial charge < -0.3 is 15.6 Å². The van der Waals surface area contributed by atoms with Gasteiger partial charge in [-0.2, -0.15) is 0 Å². The summed E-state index contributed by atoms with van der Waals surface area (Å²) < 4.78 is 0. The van der Waals surface area contributed by atoms with E-state index in [1.54, 1.807) is 11.8 Å². The minimum Gasteiger partial charge on any atom is -0.351 e. The summed E-state index contributed by atoms with van der Waals surface area (Å²) in [4.78, 5) is 32.4. The molecule has 2 amide bonds. The van der Waals surface area contributed by atoms with E-state index in [0.29, 0.717) is 19.0 Å². The summed E-state index contributed by atoms with van der Waals surface area (Å²) in [5.74, 6) is -0.184. The first-order chi connectivity index (χ1) is 12.0. The third kappa shape index (κ3) is 5.63. The van der Waals surface area contributed by atoms with Crippen LogP contribution in [-0.2, 0) is 6.54 Å². The van der Waals surface area contributed by atoms with E-state index in [1.165, 1.54) is 11.2 Å². The van der Waals surface area contributed by atoms with Crippen LogP contribution in [0.25, 0.3) is 0 Å². The molecule has 0 aliphatic rings. The van der Waals surface area contributed by atoms with Crippen molar-refractivity contribution < 1.29 is 9.59 Å². The van der Waals surface area contributed by atoms with Gasteiger partial charge in [0.05, 0.1) is 6.33 Å². The molecule has 134 valence electrons. The summed E-state index contributed by atoms with van der Waals surface area (Å²) in [5.41, 5.74) is 1.30. The number of rotatable bonds is 8. The van der Waals surface area contributed by atoms with Crippen LogP contribution in [0.5, 0.6) is 0 Å². The Balaban J connectivity index is 1.93. The number of benzene rings is 1. The SMILES string of the molecule is CSc1ccc(CNC(=O)c2[nH]cnc2C(=O)NCCC(C)C)cc1. The highest BCUT2D eigenvalue weighted by molar-refractivity contribution is 7.98. The lowest BCUT2D eigenvalue weighted by atomic mass is 10.1. The van der Waals surface area contributed by atoms with Crippen molar-refractivity contribution >= 4 is 23.6 Å².